The van der Waals surface area contributed by atoms with Crippen molar-refractivity contribution < 1.29 is 13.9 Å². The number of amides is 1. The van der Waals surface area contributed by atoms with Crippen molar-refractivity contribution in [1.29, 1.82) is 0 Å². The number of carbonyl (C=O) groups is 1. The number of anilines is 1. The number of benzene rings is 1. The van der Waals surface area contributed by atoms with E-state index < -0.39 is 0 Å². The zero-order valence-electron chi connectivity index (χ0n) is 16.4. The highest BCUT2D eigenvalue weighted by Crippen LogP contribution is 2.32. The van der Waals surface area contributed by atoms with Crippen molar-refractivity contribution in [3.8, 4) is 5.75 Å². The van der Waals surface area contributed by atoms with Crippen molar-refractivity contribution >= 4 is 32.6 Å². The maximum Gasteiger partial charge on any atom is 0.263 e. The standard InChI is InChI=1S/C20H25N3O3S/c1-6-25-15-7-8-17-18(12-15)27-20(21-17)23(10-9-22(4)5)19(24)16-11-13(2)26-14(16)3/h7-8,11-12H,6,9-10H2,1-5H3. The van der Waals surface area contributed by atoms with Crippen LogP contribution in [0.3, 0.4) is 0 Å². The van der Waals surface area contributed by atoms with Gasteiger partial charge in [-0.2, -0.15) is 0 Å². The summed E-state index contributed by atoms with van der Waals surface area (Å²) in [6.07, 6.45) is 0. The molecule has 2 aromatic heterocycles. The predicted octanol–water partition coefficient (Wildman–Crippen LogP) is 4.11. The van der Waals surface area contributed by atoms with E-state index >= 15 is 0 Å². The Morgan fingerprint density at radius 2 is 2.00 bits per heavy atom. The van der Waals surface area contributed by atoms with E-state index in [0.29, 0.717) is 29.6 Å². The molecule has 0 aliphatic heterocycles. The van der Waals surface area contributed by atoms with Gasteiger partial charge in [0.2, 0.25) is 0 Å². The fourth-order valence-electron chi connectivity index (χ4n) is 2.84. The molecule has 0 aliphatic rings. The van der Waals surface area contributed by atoms with E-state index in [2.05, 4.69) is 0 Å². The van der Waals surface area contributed by atoms with Gasteiger partial charge in [-0.15, -0.1) is 0 Å². The van der Waals surface area contributed by atoms with Gasteiger partial charge < -0.3 is 14.1 Å². The van der Waals surface area contributed by atoms with Crippen molar-refractivity contribution in [2.45, 2.75) is 20.8 Å². The SMILES string of the molecule is CCOc1ccc2nc(N(CCN(C)C)C(=O)c3cc(C)oc3C)sc2c1. The number of nitrogens with zero attached hydrogens (tertiary/aromatic N) is 3. The van der Waals surface area contributed by atoms with Crippen LogP contribution in [0.25, 0.3) is 10.2 Å². The summed E-state index contributed by atoms with van der Waals surface area (Å²) in [6, 6.07) is 7.61. The monoisotopic (exact) mass is 387 g/mol. The van der Waals surface area contributed by atoms with E-state index in [0.717, 1.165) is 28.3 Å². The Hall–Kier alpha value is -2.38. The van der Waals surface area contributed by atoms with Gasteiger partial charge >= 0.3 is 0 Å². The molecule has 0 atom stereocenters. The molecule has 1 aromatic carbocycles. The van der Waals surface area contributed by atoms with Gasteiger partial charge in [0, 0.05) is 13.1 Å². The van der Waals surface area contributed by atoms with E-state index in [-0.39, 0.29) is 5.91 Å². The molecule has 0 spiro atoms. The lowest BCUT2D eigenvalue weighted by atomic mass is 10.2. The first-order valence-corrected chi connectivity index (χ1v) is 9.77. The number of hydrogen-bond acceptors (Lipinski definition) is 6. The fourth-order valence-corrected chi connectivity index (χ4v) is 3.86. The molecule has 7 heteroatoms. The van der Waals surface area contributed by atoms with Gasteiger partial charge in [-0.25, -0.2) is 4.98 Å². The summed E-state index contributed by atoms with van der Waals surface area (Å²) >= 11 is 1.50. The summed E-state index contributed by atoms with van der Waals surface area (Å²) in [5.74, 6) is 2.09. The minimum atomic E-state index is -0.0877. The third-order valence-electron chi connectivity index (χ3n) is 4.18. The maximum absolute atomic E-state index is 13.2. The first kappa shape index (κ1) is 19.4. The van der Waals surface area contributed by atoms with Crippen LogP contribution >= 0.6 is 11.3 Å². The zero-order valence-corrected chi connectivity index (χ0v) is 17.2. The summed E-state index contributed by atoms with van der Waals surface area (Å²) in [5, 5.41) is 0.684. The lowest BCUT2D eigenvalue weighted by molar-refractivity contribution is 0.0983. The molecule has 0 unspecified atom stereocenters. The number of fused-ring (bicyclic) bond motifs is 1. The number of aryl methyl sites for hydroxylation is 2. The number of carbonyl (C=O) groups excluding carboxylic acids is 1. The van der Waals surface area contributed by atoms with Crippen LogP contribution in [0.5, 0.6) is 5.75 Å². The molecule has 0 fully saturated rings. The van der Waals surface area contributed by atoms with Crippen molar-refractivity contribution in [3.63, 3.8) is 0 Å². The van der Waals surface area contributed by atoms with Crippen molar-refractivity contribution in [1.82, 2.24) is 9.88 Å². The van der Waals surface area contributed by atoms with Crippen LogP contribution in [0.4, 0.5) is 5.13 Å². The number of aromatic nitrogens is 1. The minimum Gasteiger partial charge on any atom is -0.494 e. The van der Waals surface area contributed by atoms with Gasteiger partial charge in [0.05, 0.1) is 22.4 Å². The number of thiazole rings is 1. The van der Waals surface area contributed by atoms with Crippen LogP contribution in [-0.2, 0) is 0 Å². The highest BCUT2D eigenvalue weighted by molar-refractivity contribution is 7.22. The Bertz CT molecular complexity index is 945. The average molecular weight is 388 g/mol. The molecule has 27 heavy (non-hydrogen) atoms. The Kier molecular flexibility index (Phi) is 5.82. The molecule has 0 aliphatic carbocycles. The zero-order chi connectivity index (χ0) is 19.6. The topological polar surface area (TPSA) is 58.8 Å². The molecule has 144 valence electrons. The van der Waals surface area contributed by atoms with E-state index in [1.54, 1.807) is 11.0 Å². The summed E-state index contributed by atoms with van der Waals surface area (Å²) < 4.78 is 12.1. The quantitative estimate of drug-likeness (QED) is 0.610. The molecule has 0 N–H and O–H groups in total. The van der Waals surface area contributed by atoms with Gasteiger partial charge in [-0.1, -0.05) is 11.3 Å². The van der Waals surface area contributed by atoms with Crippen LogP contribution in [0, 0.1) is 13.8 Å². The van der Waals surface area contributed by atoms with Crippen LogP contribution in [0.2, 0.25) is 0 Å². The first-order chi connectivity index (χ1) is 12.9. The van der Waals surface area contributed by atoms with Crippen LogP contribution in [0.15, 0.2) is 28.7 Å². The van der Waals surface area contributed by atoms with Crippen LogP contribution in [0.1, 0.15) is 28.8 Å². The maximum atomic E-state index is 13.2. The fraction of sp³-hybridized carbons (Fsp3) is 0.400. The van der Waals surface area contributed by atoms with Gasteiger partial charge in [0.1, 0.15) is 17.3 Å². The summed E-state index contributed by atoms with van der Waals surface area (Å²) in [5.41, 5.74) is 1.45. The van der Waals surface area contributed by atoms with Gasteiger partial charge in [0.15, 0.2) is 5.13 Å². The van der Waals surface area contributed by atoms with E-state index in [1.165, 1.54) is 11.3 Å². The normalized spacial score (nSPS) is 11.3. The van der Waals surface area contributed by atoms with Gasteiger partial charge in [-0.05, 0) is 59.1 Å². The number of furan rings is 1. The van der Waals surface area contributed by atoms with E-state index in [9.17, 15) is 4.79 Å². The van der Waals surface area contributed by atoms with Gasteiger partial charge in [0.25, 0.3) is 5.91 Å². The van der Waals surface area contributed by atoms with Crippen LogP contribution < -0.4 is 9.64 Å². The van der Waals surface area contributed by atoms with Crippen LogP contribution in [-0.4, -0.2) is 49.6 Å². The summed E-state index contributed by atoms with van der Waals surface area (Å²) in [4.78, 5) is 21.7. The highest BCUT2D eigenvalue weighted by atomic mass is 32.1. The minimum absolute atomic E-state index is 0.0877. The van der Waals surface area contributed by atoms with Crippen molar-refractivity contribution in [3.05, 3.63) is 41.3 Å². The average Bonchev–Trinajstić information content (AvgIpc) is 3.17. The second-order valence-electron chi connectivity index (χ2n) is 6.65. The Morgan fingerprint density at radius 1 is 1.22 bits per heavy atom. The molecule has 2 heterocycles. The van der Waals surface area contributed by atoms with Crippen molar-refractivity contribution in [2.24, 2.45) is 0 Å². The van der Waals surface area contributed by atoms with Gasteiger partial charge in [-0.3, -0.25) is 9.69 Å². The Balaban J connectivity index is 1.98. The highest BCUT2D eigenvalue weighted by Gasteiger charge is 2.24. The Morgan fingerprint density at radius 3 is 2.63 bits per heavy atom. The largest absolute Gasteiger partial charge is 0.494 e. The number of hydrogen-bond donors (Lipinski definition) is 0. The second-order valence-corrected chi connectivity index (χ2v) is 7.66. The van der Waals surface area contributed by atoms with E-state index in [4.69, 9.17) is 14.1 Å². The number of ether oxygens (including phenoxy) is 1. The molecule has 3 aromatic rings. The summed E-state index contributed by atoms with van der Waals surface area (Å²) in [7, 11) is 3.98. The second kappa shape index (κ2) is 8.10. The molecule has 0 radical (unpaired) electrons. The molecule has 0 saturated heterocycles. The lowest BCUT2D eigenvalue weighted by Gasteiger charge is -2.21. The molecule has 0 bridgehead atoms. The molecule has 6 nitrogen and oxygen atoms in total. The lowest BCUT2D eigenvalue weighted by Crippen LogP contribution is -2.36. The molecular weight excluding hydrogens is 362 g/mol. The predicted molar refractivity (Wildman–Crippen MR) is 109 cm³/mol. The third-order valence-corrected chi connectivity index (χ3v) is 5.22. The summed E-state index contributed by atoms with van der Waals surface area (Å²) in [6.45, 7) is 7.52. The molecule has 0 saturated carbocycles. The third kappa shape index (κ3) is 4.31. The number of rotatable bonds is 7. The smallest absolute Gasteiger partial charge is 0.263 e. The number of likely N-dealkylation sites (N-methyl/N-ethyl adjacent to an activating group) is 1. The Labute approximate surface area is 163 Å². The van der Waals surface area contributed by atoms with E-state index in [1.807, 2.05) is 58.0 Å². The van der Waals surface area contributed by atoms with Crippen molar-refractivity contribution in [2.75, 3.05) is 38.7 Å². The molecule has 1 amide bonds. The first-order valence-electron chi connectivity index (χ1n) is 8.96. The molecular formula is C20H25N3O3S. The molecule has 3 rings (SSSR count).